The summed E-state index contributed by atoms with van der Waals surface area (Å²) in [5.74, 6) is 3.97. The summed E-state index contributed by atoms with van der Waals surface area (Å²) in [5.41, 5.74) is 1.27. The van der Waals surface area contributed by atoms with E-state index in [1.54, 1.807) is 0 Å². The molecule has 0 spiro atoms. The van der Waals surface area contributed by atoms with Crippen LogP contribution in [-0.2, 0) is 11.3 Å². The van der Waals surface area contributed by atoms with Crippen LogP contribution in [0, 0.1) is 17.8 Å². The van der Waals surface area contributed by atoms with Gasteiger partial charge in [0.1, 0.15) is 0 Å². The number of aromatic nitrogens is 3. The highest BCUT2D eigenvalue weighted by atomic mass is 32.2. The molecule has 2 aromatic rings. The van der Waals surface area contributed by atoms with Crippen LogP contribution in [0.2, 0.25) is 0 Å². The number of hydrogen-bond donors (Lipinski definition) is 1. The van der Waals surface area contributed by atoms with Gasteiger partial charge in [0.05, 0.1) is 18.3 Å². The van der Waals surface area contributed by atoms with Gasteiger partial charge in [0, 0.05) is 5.54 Å². The maximum absolute atomic E-state index is 13.0. The van der Waals surface area contributed by atoms with Gasteiger partial charge < -0.3 is 9.88 Å². The van der Waals surface area contributed by atoms with Gasteiger partial charge >= 0.3 is 0 Å². The van der Waals surface area contributed by atoms with Crippen molar-refractivity contribution in [2.45, 2.75) is 68.7 Å². The second-order valence-electron chi connectivity index (χ2n) is 10.6. The molecule has 172 valence electrons. The molecular formula is C25H35N5OS. The molecule has 32 heavy (non-hydrogen) atoms. The van der Waals surface area contributed by atoms with E-state index in [-0.39, 0.29) is 17.5 Å². The standard InChI is InChI=1S/C25H35N5OS/c1-17(29(2)3)23-27-28-24(30(23)15-18-7-5-4-6-8-18)32-16-22(31)26-25-12-19-9-20(13-25)11-21(10-19)14-25/h4-8,17,19-21H,9-16H2,1-3H3,(H,26,31). The molecule has 1 unspecified atom stereocenters. The monoisotopic (exact) mass is 453 g/mol. The van der Waals surface area contributed by atoms with Crippen LogP contribution in [0.15, 0.2) is 35.5 Å². The Morgan fingerprint density at radius 2 is 1.75 bits per heavy atom. The van der Waals surface area contributed by atoms with Gasteiger partial charge in [0.2, 0.25) is 5.91 Å². The van der Waals surface area contributed by atoms with Gasteiger partial charge in [0.15, 0.2) is 11.0 Å². The average Bonchev–Trinajstić information content (AvgIpc) is 3.13. The Morgan fingerprint density at radius 1 is 1.12 bits per heavy atom. The Kier molecular flexibility index (Phi) is 6.05. The highest BCUT2D eigenvalue weighted by molar-refractivity contribution is 7.99. The first-order chi connectivity index (χ1) is 15.4. The number of carbonyl (C=O) groups excluding carboxylic acids is 1. The lowest BCUT2D eigenvalue weighted by Crippen LogP contribution is -2.60. The van der Waals surface area contributed by atoms with Gasteiger partial charge in [-0.1, -0.05) is 42.1 Å². The summed E-state index contributed by atoms with van der Waals surface area (Å²) in [6, 6.07) is 10.5. The van der Waals surface area contributed by atoms with E-state index >= 15 is 0 Å². The number of thioether (sulfide) groups is 1. The molecule has 4 saturated carbocycles. The van der Waals surface area contributed by atoms with Crippen LogP contribution in [0.3, 0.4) is 0 Å². The topological polar surface area (TPSA) is 63.1 Å². The molecule has 1 aromatic carbocycles. The van der Waals surface area contributed by atoms with Crippen LogP contribution in [-0.4, -0.2) is 51.0 Å². The molecule has 0 saturated heterocycles. The Morgan fingerprint density at radius 3 is 2.34 bits per heavy atom. The lowest BCUT2D eigenvalue weighted by Gasteiger charge is -2.56. The van der Waals surface area contributed by atoms with E-state index < -0.39 is 0 Å². The maximum atomic E-state index is 13.0. The van der Waals surface area contributed by atoms with Crippen LogP contribution in [0.4, 0.5) is 0 Å². The van der Waals surface area contributed by atoms with Gasteiger partial charge in [-0.3, -0.25) is 9.69 Å². The van der Waals surface area contributed by atoms with Gasteiger partial charge in [-0.05, 0) is 82.9 Å². The lowest BCUT2D eigenvalue weighted by molar-refractivity contribution is -0.124. The van der Waals surface area contributed by atoms with Crippen molar-refractivity contribution >= 4 is 17.7 Å². The number of amides is 1. The molecule has 1 heterocycles. The quantitative estimate of drug-likeness (QED) is 0.609. The summed E-state index contributed by atoms with van der Waals surface area (Å²) in [6.07, 6.45) is 7.72. The lowest BCUT2D eigenvalue weighted by atomic mass is 9.53. The van der Waals surface area contributed by atoms with E-state index in [1.807, 2.05) is 6.07 Å². The summed E-state index contributed by atoms with van der Waals surface area (Å²) in [6.45, 7) is 2.85. The fraction of sp³-hybridized carbons (Fsp3) is 0.640. The van der Waals surface area contributed by atoms with Crippen molar-refractivity contribution in [3.8, 4) is 0 Å². The van der Waals surface area contributed by atoms with E-state index in [9.17, 15) is 4.79 Å². The highest BCUT2D eigenvalue weighted by Gasteiger charge is 2.51. The summed E-state index contributed by atoms with van der Waals surface area (Å²) in [4.78, 5) is 15.2. The highest BCUT2D eigenvalue weighted by Crippen LogP contribution is 2.55. The fourth-order valence-electron chi connectivity index (χ4n) is 6.59. The zero-order chi connectivity index (χ0) is 22.3. The number of benzene rings is 1. The summed E-state index contributed by atoms with van der Waals surface area (Å²) < 4.78 is 2.17. The predicted octanol–water partition coefficient (Wildman–Crippen LogP) is 4.13. The van der Waals surface area contributed by atoms with Gasteiger partial charge in [-0.25, -0.2) is 0 Å². The number of hydrogen-bond acceptors (Lipinski definition) is 5. The first-order valence-corrected chi connectivity index (χ1v) is 13.0. The normalized spacial score (nSPS) is 29.4. The minimum atomic E-state index is 0.0642. The van der Waals surface area contributed by atoms with Crippen LogP contribution in [0.1, 0.15) is 62.9 Å². The Balaban J connectivity index is 1.28. The third kappa shape index (κ3) is 4.46. The van der Waals surface area contributed by atoms with Crippen LogP contribution in [0.25, 0.3) is 0 Å². The Hall–Kier alpha value is -1.86. The number of nitrogens with one attached hydrogen (secondary N) is 1. The Labute approximate surface area is 195 Å². The molecule has 7 heteroatoms. The second-order valence-corrected chi connectivity index (χ2v) is 11.5. The smallest absolute Gasteiger partial charge is 0.230 e. The Bertz CT molecular complexity index is 921. The third-order valence-corrected chi connectivity index (χ3v) is 8.82. The minimum absolute atomic E-state index is 0.0642. The maximum Gasteiger partial charge on any atom is 0.230 e. The van der Waals surface area contributed by atoms with Crippen LogP contribution < -0.4 is 5.32 Å². The molecule has 1 N–H and O–H groups in total. The van der Waals surface area contributed by atoms with Crippen molar-refractivity contribution in [2.75, 3.05) is 19.8 Å². The van der Waals surface area contributed by atoms with E-state index in [0.717, 1.165) is 28.7 Å². The van der Waals surface area contributed by atoms with Gasteiger partial charge in [-0.2, -0.15) is 0 Å². The minimum Gasteiger partial charge on any atom is -0.350 e. The average molecular weight is 454 g/mol. The molecule has 4 aliphatic carbocycles. The van der Waals surface area contributed by atoms with Crippen molar-refractivity contribution in [2.24, 2.45) is 17.8 Å². The summed E-state index contributed by atoms with van der Waals surface area (Å²) in [7, 11) is 4.11. The van der Waals surface area contributed by atoms with E-state index in [2.05, 4.69) is 70.3 Å². The third-order valence-electron chi connectivity index (χ3n) is 7.85. The zero-order valence-corrected chi connectivity index (χ0v) is 20.3. The van der Waals surface area contributed by atoms with E-state index in [0.29, 0.717) is 12.3 Å². The molecule has 1 amide bonds. The first kappa shape index (κ1) is 22.0. The first-order valence-electron chi connectivity index (χ1n) is 12.0. The number of rotatable bonds is 8. The number of nitrogens with zero attached hydrogens (tertiary/aromatic N) is 4. The van der Waals surface area contributed by atoms with Crippen molar-refractivity contribution in [3.05, 3.63) is 41.7 Å². The fourth-order valence-corrected chi connectivity index (χ4v) is 7.33. The summed E-state index contributed by atoms with van der Waals surface area (Å²) >= 11 is 1.51. The van der Waals surface area contributed by atoms with Crippen molar-refractivity contribution in [1.29, 1.82) is 0 Å². The molecule has 1 atom stereocenters. The molecule has 0 radical (unpaired) electrons. The van der Waals surface area contributed by atoms with Crippen LogP contribution in [0.5, 0.6) is 0 Å². The second kappa shape index (κ2) is 8.82. The molecule has 6 rings (SSSR count). The van der Waals surface area contributed by atoms with Gasteiger partial charge in [0.25, 0.3) is 0 Å². The van der Waals surface area contributed by atoms with E-state index in [1.165, 1.54) is 55.9 Å². The van der Waals surface area contributed by atoms with Gasteiger partial charge in [-0.15, -0.1) is 10.2 Å². The molecule has 0 aliphatic heterocycles. The number of carbonyl (C=O) groups is 1. The molecule has 6 nitrogen and oxygen atoms in total. The van der Waals surface area contributed by atoms with E-state index in [4.69, 9.17) is 0 Å². The molecule has 1 aromatic heterocycles. The molecule has 4 aliphatic rings. The van der Waals surface area contributed by atoms with Crippen molar-refractivity contribution in [1.82, 2.24) is 25.0 Å². The SMILES string of the molecule is CC(c1nnc(SCC(=O)NC23CC4CC(CC(C4)C2)C3)n1Cc1ccccc1)N(C)C. The largest absolute Gasteiger partial charge is 0.350 e. The zero-order valence-electron chi connectivity index (χ0n) is 19.5. The van der Waals surface area contributed by atoms with Crippen molar-refractivity contribution in [3.63, 3.8) is 0 Å². The van der Waals surface area contributed by atoms with Crippen LogP contribution >= 0.6 is 11.8 Å². The molecular weight excluding hydrogens is 418 g/mol. The summed E-state index contributed by atoms with van der Waals surface area (Å²) in [5, 5.41) is 13.3. The van der Waals surface area contributed by atoms with Crippen molar-refractivity contribution < 1.29 is 4.79 Å². The predicted molar refractivity (Wildman–Crippen MR) is 127 cm³/mol. The molecule has 4 fully saturated rings. The molecule has 4 bridgehead atoms.